The first-order valence-electron chi connectivity index (χ1n) is 8.76. The summed E-state index contributed by atoms with van der Waals surface area (Å²) in [5.74, 6) is 0.269. The van der Waals surface area contributed by atoms with Gasteiger partial charge in [-0.2, -0.15) is 13.2 Å². The van der Waals surface area contributed by atoms with Gasteiger partial charge < -0.3 is 14.2 Å². The maximum atomic E-state index is 12.8. The largest absolute Gasteiger partial charge is 0.497 e. The molecule has 29 heavy (non-hydrogen) atoms. The maximum Gasteiger partial charge on any atom is 0.417 e. The molecule has 1 heterocycles. The second kappa shape index (κ2) is 7.98. The van der Waals surface area contributed by atoms with E-state index in [4.69, 9.17) is 4.74 Å². The number of aromatic nitrogens is 1. The quantitative estimate of drug-likeness (QED) is 0.652. The van der Waals surface area contributed by atoms with Gasteiger partial charge in [0.15, 0.2) is 0 Å². The summed E-state index contributed by atoms with van der Waals surface area (Å²) in [6, 6.07) is 12.8. The summed E-state index contributed by atoms with van der Waals surface area (Å²) in [6.07, 6.45) is -3.92. The van der Waals surface area contributed by atoms with Gasteiger partial charge in [0, 0.05) is 25.9 Å². The van der Waals surface area contributed by atoms with Crippen molar-refractivity contribution in [1.29, 1.82) is 0 Å². The Morgan fingerprint density at radius 1 is 1.07 bits per heavy atom. The topological polar surface area (TPSA) is 51.5 Å². The molecular formula is C21H19F3N2O3. The number of alkyl halides is 3. The van der Waals surface area contributed by atoms with E-state index in [1.807, 2.05) is 36.4 Å². The molecule has 0 aliphatic heterocycles. The number of halogens is 3. The van der Waals surface area contributed by atoms with Crippen molar-refractivity contribution in [3.8, 4) is 5.75 Å². The number of hydrogen-bond acceptors (Lipinski definition) is 3. The van der Waals surface area contributed by atoms with Crippen LogP contribution in [0.1, 0.15) is 11.1 Å². The van der Waals surface area contributed by atoms with Gasteiger partial charge in [-0.1, -0.05) is 18.2 Å². The number of pyridine rings is 1. The second-order valence-corrected chi connectivity index (χ2v) is 6.68. The molecule has 0 saturated heterocycles. The fourth-order valence-corrected chi connectivity index (χ4v) is 2.95. The van der Waals surface area contributed by atoms with Crippen LogP contribution in [0.2, 0.25) is 0 Å². The Bertz CT molecular complexity index is 1110. The van der Waals surface area contributed by atoms with Gasteiger partial charge >= 0.3 is 6.18 Å². The molecule has 3 aromatic rings. The zero-order valence-electron chi connectivity index (χ0n) is 15.9. The van der Waals surface area contributed by atoms with Crippen LogP contribution in [0.3, 0.4) is 0 Å². The van der Waals surface area contributed by atoms with E-state index in [2.05, 4.69) is 0 Å². The molecule has 0 fully saturated rings. The van der Waals surface area contributed by atoms with Gasteiger partial charge in [-0.3, -0.25) is 9.59 Å². The van der Waals surface area contributed by atoms with Crippen LogP contribution < -0.4 is 10.3 Å². The van der Waals surface area contributed by atoms with Gasteiger partial charge in [0.05, 0.1) is 12.7 Å². The van der Waals surface area contributed by atoms with E-state index in [1.54, 1.807) is 14.2 Å². The molecular weight excluding hydrogens is 385 g/mol. The Morgan fingerprint density at radius 3 is 2.45 bits per heavy atom. The van der Waals surface area contributed by atoms with Gasteiger partial charge in [-0.05, 0) is 40.6 Å². The lowest BCUT2D eigenvalue weighted by atomic mass is 10.1. The minimum atomic E-state index is -4.59. The van der Waals surface area contributed by atoms with Gasteiger partial charge in [-0.15, -0.1) is 0 Å². The minimum Gasteiger partial charge on any atom is -0.497 e. The predicted octanol–water partition coefficient (Wildman–Crippen LogP) is 3.69. The highest BCUT2D eigenvalue weighted by Gasteiger charge is 2.31. The average molecular weight is 404 g/mol. The highest BCUT2D eigenvalue weighted by atomic mass is 19.4. The number of likely N-dealkylation sites (N-methyl/N-ethyl adjacent to an activating group) is 1. The standard InChI is InChI=1S/C21H19F3N2O3/c1-25(11-14-3-4-16-10-18(29-2)7-5-15(16)9-14)20(28)13-26-12-17(21(22,23)24)6-8-19(26)27/h3-10,12H,11,13H2,1-2H3. The van der Waals surface area contributed by atoms with Crippen molar-refractivity contribution in [2.24, 2.45) is 0 Å². The molecule has 152 valence electrons. The van der Waals surface area contributed by atoms with Crippen LogP contribution in [0.5, 0.6) is 5.75 Å². The van der Waals surface area contributed by atoms with Crippen molar-refractivity contribution in [2.75, 3.05) is 14.2 Å². The first-order valence-corrected chi connectivity index (χ1v) is 8.76. The molecule has 1 aromatic heterocycles. The molecule has 0 aliphatic carbocycles. The molecule has 1 amide bonds. The molecule has 3 rings (SSSR count). The Morgan fingerprint density at radius 2 is 1.76 bits per heavy atom. The van der Waals surface area contributed by atoms with E-state index in [0.717, 1.165) is 32.7 Å². The summed E-state index contributed by atoms with van der Waals surface area (Å²) in [7, 11) is 3.13. The maximum absolute atomic E-state index is 12.8. The summed E-state index contributed by atoms with van der Waals surface area (Å²) in [5.41, 5.74) is -0.785. The number of benzene rings is 2. The third-order valence-corrected chi connectivity index (χ3v) is 4.57. The van der Waals surface area contributed by atoms with Crippen molar-refractivity contribution in [3.05, 3.63) is 76.2 Å². The molecule has 0 saturated carbocycles. The highest BCUT2D eigenvalue weighted by molar-refractivity contribution is 5.84. The molecule has 0 N–H and O–H groups in total. The van der Waals surface area contributed by atoms with Crippen molar-refractivity contribution in [1.82, 2.24) is 9.47 Å². The van der Waals surface area contributed by atoms with Crippen molar-refractivity contribution in [2.45, 2.75) is 19.3 Å². The molecule has 0 atom stereocenters. The van der Waals surface area contributed by atoms with E-state index in [9.17, 15) is 22.8 Å². The van der Waals surface area contributed by atoms with Crippen molar-refractivity contribution < 1.29 is 22.7 Å². The third-order valence-electron chi connectivity index (χ3n) is 4.57. The number of methoxy groups -OCH3 is 1. The zero-order valence-corrected chi connectivity index (χ0v) is 15.9. The number of carbonyl (C=O) groups is 1. The molecule has 0 aliphatic rings. The van der Waals surface area contributed by atoms with E-state index < -0.39 is 29.8 Å². The summed E-state index contributed by atoms with van der Waals surface area (Å²) in [4.78, 5) is 25.6. The Kier molecular flexibility index (Phi) is 5.63. The summed E-state index contributed by atoms with van der Waals surface area (Å²) < 4.78 is 44.5. The number of nitrogens with zero attached hydrogens (tertiary/aromatic N) is 2. The van der Waals surface area contributed by atoms with Crippen molar-refractivity contribution >= 4 is 16.7 Å². The van der Waals surface area contributed by atoms with Crippen LogP contribution >= 0.6 is 0 Å². The Hall–Kier alpha value is -3.29. The lowest BCUT2D eigenvalue weighted by molar-refractivity contribution is -0.138. The van der Waals surface area contributed by atoms with Crippen LogP contribution in [-0.2, 0) is 24.1 Å². The molecule has 2 aromatic carbocycles. The Balaban J connectivity index is 1.74. The van der Waals surface area contributed by atoms with Gasteiger partial charge in [0.2, 0.25) is 5.91 Å². The number of ether oxygens (including phenoxy) is 1. The van der Waals surface area contributed by atoms with E-state index in [-0.39, 0.29) is 6.54 Å². The molecule has 8 heteroatoms. The molecule has 0 bridgehead atoms. The van der Waals surface area contributed by atoms with Crippen LogP contribution in [0.15, 0.2) is 59.5 Å². The number of hydrogen-bond donors (Lipinski definition) is 0. The van der Waals surface area contributed by atoms with Crippen LogP contribution in [0.25, 0.3) is 10.8 Å². The molecule has 0 spiro atoms. The van der Waals surface area contributed by atoms with Gasteiger partial charge in [0.1, 0.15) is 12.3 Å². The number of rotatable bonds is 5. The highest BCUT2D eigenvalue weighted by Crippen LogP contribution is 2.28. The van der Waals surface area contributed by atoms with Gasteiger partial charge in [0.25, 0.3) is 5.56 Å². The second-order valence-electron chi connectivity index (χ2n) is 6.68. The Labute approximate surface area is 164 Å². The fraction of sp³-hybridized carbons (Fsp3) is 0.238. The zero-order chi connectivity index (χ0) is 21.2. The lowest BCUT2D eigenvalue weighted by Crippen LogP contribution is -2.33. The van der Waals surface area contributed by atoms with E-state index in [1.165, 1.54) is 4.90 Å². The third kappa shape index (κ3) is 4.77. The fourth-order valence-electron chi connectivity index (χ4n) is 2.95. The minimum absolute atomic E-state index is 0.258. The molecule has 0 unspecified atom stereocenters. The first kappa shape index (κ1) is 20.4. The monoisotopic (exact) mass is 404 g/mol. The van der Waals surface area contributed by atoms with Crippen LogP contribution in [0, 0.1) is 0 Å². The SMILES string of the molecule is COc1ccc2cc(CN(C)C(=O)Cn3cc(C(F)(F)F)ccc3=O)ccc2c1. The number of amides is 1. The molecule has 5 nitrogen and oxygen atoms in total. The van der Waals surface area contributed by atoms with Crippen LogP contribution in [0.4, 0.5) is 13.2 Å². The van der Waals surface area contributed by atoms with E-state index >= 15 is 0 Å². The average Bonchev–Trinajstić information content (AvgIpc) is 2.68. The van der Waals surface area contributed by atoms with Gasteiger partial charge in [-0.25, -0.2) is 0 Å². The first-order chi connectivity index (χ1) is 13.7. The molecule has 0 radical (unpaired) electrons. The summed E-state index contributed by atoms with van der Waals surface area (Å²) >= 11 is 0. The van der Waals surface area contributed by atoms with Crippen LogP contribution in [-0.4, -0.2) is 29.5 Å². The number of carbonyl (C=O) groups excluding carboxylic acids is 1. The lowest BCUT2D eigenvalue weighted by Gasteiger charge is -2.19. The van der Waals surface area contributed by atoms with Crippen molar-refractivity contribution in [3.63, 3.8) is 0 Å². The van der Waals surface area contributed by atoms with E-state index in [0.29, 0.717) is 12.3 Å². The normalized spacial score (nSPS) is 11.5. The summed E-state index contributed by atoms with van der Waals surface area (Å²) in [6.45, 7) is -0.210. The summed E-state index contributed by atoms with van der Waals surface area (Å²) in [5, 5.41) is 1.95. The predicted molar refractivity (Wildman–Crippen MR) is 103 cm³/mol. The smallest absolute Gasteiger partial charge is 0.417 e. The number of fused-ring (bicyclic) bond motifs is 1.